The number of hydrogen-bond acceptors (Lipinski definition) is 5. The van der Waals surface area contributed by atoms with Crippen LogP contribution < -0.4 is 0 Å². The molecule has 1 aromatic heterocycles. The normalized spacial score (nSPS) is 21.3. The van der Waals surface area contributed by atoms with Crippen LogP contribution in [0.3, 0.4) is 0 Å². The summed E-state index contributed by atoms with van der Waals surface area (Å²) in [5.41, 5.74) is 0.929. The Balaban J connectivity index is 1.51. The molecular weight excluding hydrogens is 308 g/mol. The van der Waals surface area contributed by atoms with Crippen molar-refractivity contribution in [1.29, 1.82) is 0 Å². The third-order valence-electron chi connectivity index (χ3n) is 4.67. The molecule has 2 amide bonds. The Morgan fingerprint density at radius 2 is 2.25 bits per heavy atom. The first-order chi connectivity index (χ1) is 11.7. The molecule has 1 atom stereocenters. The second-order valence-corrected chi connectivity index (χ2v) is 6.29. The Bertz CT molecular complexity index is 566. The first kappa shape index (κ1) is 16.8. The van der Waals surface area contributed by atoms with Gasteiger partial charge in [0.1, 0.15) is 0 Å². The highest BCUT2D eigenvalue weighted by molar-refractivity contribution is 5.80. The molecule has 7 nitrogen and oxygen atoms in total. The molecule has 0 N–H and O–H groups in total. The first-order valence-corrected chi connectivity index (χ1v) is 8.64. The predicted octanol–water partition coefficient (Wildman–Crippen LogP) is 0.649. The Morgan fingerprint density at radius 3 is 3.00 bits per heavy atom. The van der Waals surface area contributed by atoms with Crippen molar-refractivity contribution in [3.63, 3.8) is 0 Å². The topological polar surface area (TPSA) is 75.6 Å². The van der Waals surface area contributed by atoms with Gasteiger partial charge in [0.25, 0.3) is 0 Å². The largest absolute Gasteiger partial charge is 0.377 e. The number of morpholine rings is 1. The second kappa shape index (κ2) is 8.19. The molecule has 24 heavy (non-hydrogen) atoms. The molecule has 2 aliphatic rings. The highest BCUT2D eigenvalue weighted by atomic mass is 16.5. The molecule has 2 saturated heterocycles. The van der Waals surface area contributed by atoms with Crippen molar-refractivity contribution in [2.24, 2.45) is 0 Å². The zero-order chi connectivity index (χ0) is 16.8. The number of carbonyl (C=O) groups excluding carboxylic acids is 2. The van der Waals surface area contributed by atoms with E-state index in [1.807, 2.05) is 4.90 Å². The van der Waals surface area contributed by atoms with Crippen LogP contribution in [-0.2, 0) is 20.7 Å². The molecule has 2 aliphatic heterocycles. The number of ether oxygens (including phenoxy) is 1. The molecule has 0 saturated carbocycles. The average molecular weight is 332 g/mol. The van der Waals surface area contributed by atoms with Crippen LogP contribution in [0.1, 0.15) is 31.4 Å². The molecule has 0 bridgehead atoms. The summed E-state index contributed by atoms with van der Waals surface area (Å²) < 4.78 is 5.55. The molecule has 0 aromatic carbocycles. The SMILES string of the molecule is O=C1CCCN1CCC(=O)N1CCOC[C@H]1CCc1cnccn1. The fraction of sp³-hybridized carbons (Fsp3) is 0.647. The van der Waals surface area contributed by atoms with E-state index in [1.54, 1.807) is 23.5 Å². The maximum atomic E-state index is 12.6. The molecule has 0 radical (unpaired) electrons. The van der Waals surface area contributed by atoms with E-state index in [0.717, 1.165) is 31.5 Å². The lowest BCUT2D eigenvalue weighted by Gasteiger charge is -2.36. The quantitative estimate of drug-likeness (QED) is 0.764. The monoisotopic (exact) mass is 332 g/mol. The number of aryl methyl sites for hydroxylation is 1. The van der Waals surface area contributed by atoms with Crippen molar-refractivity contribution < 1.29 is 14.3 Å². The minimum Gasteiger partial charge on any atom is -0.377 e. The van der Waals surface area contributed by atoms with Crippen LogP contribution in [0.15, 0.2) is 18.6 Å². The zero-order valence-electron chi connectivity index (χ0n) is 13.9. The standard InChI is InChI=1S/C17H24N4O3/c22-16-2-1-8-20(16)9-5-17(23)21-10-11-24-13-15(21)4-3-14-12-18-6-7-19-14/h6-7,12,15H,1-5,8-11,13H2/t15-/m1/s1. The maximum Gasteiger partial charge on any atom is 0.224 e. The fourth-order valence-electron chi connectivity index (χ4n) is 3.31. The molecule has 0 spiro atoms. The van der Waals surface area contributed by atoms with E-state index >= 15 is 0 Å². The van der Waals surface area contributed by atoms with E-state index in [4.69, 9.17) is 4.74 Å². The fourth-order valence-corrected chi connectivity index (χ4v) is 3.31. The zero-order valence-corrected chi connectivity index (χ0v) is 13.9. The van der Waals surface area contributed by atoms with Gasteiger partial charge in [0.05, 0.1) is 24.9 Å². The predicted molar refractivity (Wildman–Crippen MR) is 87.1 cm³/mol. The summed E-state index contributed by atoms with van der Waals surface area (Å²) in [6.07, 6.45) is 8.61. The van der Waals surface area contributed by atoms with Crippen LogP contribution in [0.25, 0.3) is 0 Å². The summed E-state index contributed by atoms with van der Waals surface area (Å²) in [5.74, 6) is 0.283. The average Bonchev–Trinajstić information content (AvgIpc) is 3.04. The van der Waals surface area contributed by atoms with E-state index in [9.17, 15) is 9.59 Å². The van der Waals surface area contributed by atoms with Gasteiger partial charge in [0.15, 0.2) is 0 Å². The molecule has 130 valence electrons. The van der Waals surface area contributed by atoms with Gasteiger partial charge in [-0.15, -0.1) is 0 Å². The Morgan fingerprint density at radius 1 is 1.33 bits per heavy atom. The van der Waals surface area contributed by atoms with Crippen molar-refractivity contribution in [2.75, 3.05) is 32.8 Å². The van der Waals surface area contributed by atoms with Crippen LogP contribution in [-0.4, -0.2) is 70.5 Å². The van der Waals surface area contributed by atoms with Gasteiger partial charge in [0.2, 0.25) is 11.8 Å². The molecular formula is C17H24N4O3. The number of likely N-dealkylation sites (tertiary alicyclic amines) is 1. The van der Waals surface area contributed by atoms with Crippen molar-refractivity contribution in [3.05, 3.63) is 24.3 Å². The van der Waals surface area contributed by atoms with Gasteiger partial charge in [-0.2, -0.15) is 0 Å². The number of carbonyl (C=O) groups is 2. The van der Waals surface area contributed by atoms with Crippen LogP contribution in [0.2, 0.25) is 0 Å². The molecule has 3 rings (SSSR count). The van der Waals surface area contributed by atoms with Crippen LogP contribution in [0.5, 0.6) is 0 Å². The van der Waals surface area contributed by atoms with Gasteiger partial charge >= 0.3 is 0 Å². The molecule has 3 heterocycles. The summed E-state index contributed by atoms with van der Waals surface area (Å²) >= 11 is 0. The molecule has 1 aromatic rings. The minimum absolute atomic E-state index is 0.0718. The third kappa shape index (κ3) is 4.29. The number of nitrogens with zero attached hydrogens (tertiary/aromatic N) is 4. The summed E-state index contributed by atoms with van der Waals surface area (Å²) in [6.45, 7) is 3.08. The van der Waals surface area contributed by atoms with E-state index < -0.39 is 0 Å². The Labute approximate surface area is 142 Å². The van der Waals surface area contributed by atoms with Gasteiger partial charge in [-0.1, -0.05) is 0 Å². The molecule has 2 fully saturated rings. The third-order valence-corrected chi connectivity index (χ3v) is 4.67. The van der Waals surface area contributed by atoms with Crippen molar-refractivity contribution in [1.82, 2.24) is 19.8 Å². The molecule has 7 heteroatoms. The van der Waals surface area contributed by atoms with Crippen molar-refractivity contribution in [2.45, 2.75) is 38.1 Å². The highest BCUT2D eigenvalue weighted by Gasteiger charge is 2.28. The summed E-state index contributed by atoms with van der Waals surface area (Å²) in [6, 6.07) is 0.0718. The van der Waals surface area contributed by atoms with Crippen molar-refractivity contribution >= 4 is 11.8 Å². The Hall–Kier alpha value is -2.02. The molecule has 0 aliphatic carbocycles. The summed E-state index contributed by atoms with van der Waals surface area (Å²) in [5, 5.41) is 0. The number of aromatic nitrogens is 2. The highest BCUT2D eigenvalue weighted by Crippen LogP contribution is 2.16. The lowest BCUT2D eigenvalue weighted by atomic mass is 10.1. The van der Waals surface area contributed by atoms with Gasteiger partial charge in [-0.25, -0.2) is 0 Å². The van der Waals surface area contributed by atoms with Crippen LogP contribution in [0.4, 0.5) is 0 Å². The molecule has 0 unspecified atom stereocenters. The number of hydrogen-bond donors (Lipinski definition) is 0. The number of rotatable bonds is 6. The van der Waals surface area contributed by atoms with Gasteiger partial charge in [-0.05, 0) is 19.3 Å². The van der Waals surface area contributed by atoms with E-state index in [1.165, 1.54) is 0 Å². The Kier molecular flexibility index (Phi) is 5.74. The minimum atomic E-state index is 0.0718. The van der Waals surface area contributed by atoms with Crippen LogP contribution in [0, 0.1) is 0 Å². The van der Waals surface area contributed by atoms with Crippen LogP contribution >= 0.6 is 0 Å². The van der Waals surface area contributed by atoms with Gasteiger partial charge < -0.3 is 14.5 Å². The summed E-state index contributed by atoms with van der Waals surface area (Å²) in [7, 11) is 0. The lowest BCUT2D eigenvalue weighted by molar-refractivity contribution is -0.140. The van der Waals surface area contributed by atoms with E-state index in [-0.39, 0.29) is 17.9 Å². The first-order valence-electron chi connectivity index (χ1n) is 8.64. The second-order valence-electron chi connectivity index (χ2n) is 6.29. The van der Waals surface area contributed by atoms with Crippen molar-refractivity contribution in [3.8, 4) is 0 Å². The lowest BCUT2D eigenvalue weighted by Crippen LogP contribution is -2.49. The van der Waals surface area contributed by atoms with Gasteiger partial charge in [-0.3, -0.25) is 19.6 Å². The smallest absolute Gasteiger partial charge is 0.224 e. The van der Waals surface area contributed by atoms with Gasteiger partial charge in [0, 0.05) is 51.1 Å². The maximum absolute atomic E-state index is 12.6. The van der Waals surface area contributed by atoms with E-state index in [0.29, 0.717) is 39.1 Å². The number of amides is 2. The summed E-state index contributed by atoms with van der Waals surface area (Å²) in [4.78, 5) is 36.3. The van der Waals surface area contributed by atoms with E-state index in [2.05, 4.69) is 9.97 Å².